The summed E-state index contributed by atoms with van der Waals surface area (Å²) in [5, 5.41) is 3.29. The van der Waals surface area contributed by atoms with Gasteiger partial charge in [0.15, 0.2) is 0 Å². The summed E-state index contributed by atoms with van der Waals surface area (Å²) >= 11 is 6.48. The number of ether oxygens (including phenoxy) is 4. The highest BCUT2D eigenvalue weighted by molar-refractivity contribution is 9.10. The van der Waals surface area contributed by atoms with Crippen molar-refractivity contribution in [3.05, 3.63) is 52.4 Å². The first-order chi connectivity index (χ1) is 21.8. The Morgan fingerprint density at radius 3 is 2.28 bits per heavy atom. The van der Waals surface area contributed by atoms with Crippen molar-refractivity contribution in [2.24, 2.45) is 11.8 Å². The molecule has 2 fully saturated rings. The fraction of sp³-hybridized carbons (Fsp3) is 0.500. The number of halogens is 2. The molecule has 0 saturated carbocycles. The van der Waals surface area contributed by atoms with Gasteiger partial charge in [0, 0.05) is 23.2 Å². The van der Waals surface area contributed by atoms with Gasteiger partial charge in [-0.15, -0.1) is 0 Å². The van der Waals surface area contributed by atoms with Crippen LogP contribution in [0.5, 0.6) is 0 Å². The molecule has 2 bridgehead atoms. The number of nitrogens with one attached hydrogen (secondary N) is 1. The van der Waals surface area contributed by atoms with E-state index in [2.05, 4.69) is 37.2 Å². The predicted octanol–water partition coefficient (Wildman–Crippen LogP) is 4.15. The summed E-state index contributed by atoms with van der Waals surface area (Å²) in [5.41, 5.74) is -2.40. The third-order valence-corrected chi connectivity index (χ3v) is 9.11. The number of hydrogen-bond donors (Lipinski definition) is 1. The fourth-order valence-electron chi connectivity index (χ4n) is 6.09. The molecule has 47 heavy (non-hydrogen) atoms. The van der Waals surface area contributed by atoms with Crippen molar-refractivity contribution in [3.8, 4) is 0 Å². The van der Waals surface area contributed by atoms with Crippen molar-refractivity contribution in [1.82, 2.24) is 4.90 Å². The molecule has 13 nitrogen and oxygen atoms in total. The molecule has 1 aromatic heterocycles. The molecule has 1 aromatic carbocycles. The second-order valence-corrected chi connectivity index (χ2v) is 16.8. The van der Waals surface area contributed by atoms with Gasteiger partial charge in [-0.05, 0) is 71.4 Å². The van der Waals surface area contributed by atoms with Crippen LogP contribution in [-0.4, -0.2) is 80.5 Å². The highest BCUT2D eigenvalue weighted by Gasteiger charge is 2.75. The summed E-state index contributed by atoms with van der Waals surface area (Å²) < 4.78 is 26.2. The normalized spacial score (nSPS) is 25.6. The molecule has 15 heteroatoms. The van der Waals surface area contributed by atoms with Gasteiger partial charge in [-0.25, -0.2) is 9.59 Å². The molecule has 252 valence electrons. The highest BCUT2D eigenvalue weighted by atomic mass is 79.9. The van der Waals surface area contributed by atoms with Crippen LogP contribution in [0.15, 0.2) is 45.6 Å². The minimum absolute atomic E-state index is 0.215. The Morgan fingerprint density at radius 1 is 0.979 bits per heavy atom. The largest absolute Gasteiger partial charge is 0.463 e. The smallest absolute Gasteiger partial charge is 0.412 e. The molecule has 0 radical (unpaired) electrons. The first-order valence-corrected chi connectivity index (χ1v) is 16.4. The van der Waals surface area contributed by atoms with E-state index in [1.165, 1.54) is 19.1 Å². The summed E-state index contributed by atoms with van der Waals surface area (Å²) in [7, 11) is 0. The number of fused-ring (bicyclic) bond motifs is 6. The summed E-state index contributed by atoms with van der Waals surface area (Å²) in [6.45, 7) is 8.84. The minimum Gasteiger partial charge on any atom is -0.463 e. The number of alkyl halides is 2. The van der Waals surface area contributed by atoms with E-state index < -0.39 is 73.3 Å². The number of rotatable bonds is 10. The summed E-state index contributed by atoms with van der Waals surface area (Å²) in [5.74, 6) is -4.65. The Labute approximate surface area is 286 Å². The Morgan fingerprint density at radius 2 is 1.62 bits per heavy atom. The molecular weight excluding hydrogens is 748 g/mol. The third kappa shape index (κ3) is 6.36. The van der Waals surface area contributed by atoms with Crippen LogP contribution in [0.3, 0.4) is 0 Å². The molecule has 0 spiro atoms. The first-order valence-electron chi connectivity index (χ1n) is 14.8. The Bertz CT molecular complexity index is 1760. The number of carbonyl (C=O) groups is 5. The first kappa shape index (κ1) is 34.8. The van der Waals surface area contributed by atoms with Crippen molar-refractivity contribution in [3.63, 3.8) is 0 Å². The van der Waals surface area contributed by atoms with Crippen LogP contribution in [0.4, 0.5) is 10.5 Å². The monoisotopic (exact) mass is 780 g/mol. The van der Waals surface area contributed by atoms with Crippen LogP contribution in [0, 0.1) is 18.8 Å². The van der Waals surface area contributed by atoms with Crippen molar-refractivity contribution < 1.29 is 47.3 Å². The van der Waals surface area contributed by atoms with Crippen molar-refractivity contribution in [2.45, 2.75) is 67.5 Å². The lowest BCUT2D eigenvalue weighted by Crippen LogP contribution is -2.50. The molecule has 5 atom stereocenters. The van der Waals surface area contributed by atoms with E-state index >= 15 is 0 Å². The molecule has 1 N–H and O–H groups in total. The zero-order valence-corrected chi connectivity index (χ0v) is 29.7. The Balaban J connectivity index is 1.38. The molecule has 4 heterocycles. The Kier molecular flexibility index (Phi) is 8.99. The van der Waals surface area contributed by atoms with Gasteiger partial charge in [-0.3, -0.25) is 29.4 Å². The van der Waals surface area contributed by atoms with E-state index in [1.54, 1.807) is 58.9 Å². The van der Waals surface area contributed by atoms with Gasteiger partial charge in [-0.2, -0.15) is 0 Å². The standard InChI is InChI=1S/C32H34Br2N2O11/c1-16-13-21(37)46-20-14-18(7-8-19(16)20)35-28(42)45-17(2)32-10-9-31(47-32,15-44-27(41)30(5,6)34)22-23(32)25(39)36(24(22)38)11-12-43-26(40)29(3,4)33/h7-10,13-14,17,22-23H,11-12,15H2,1-6H3,(H,35,42). The van der Waals surface area contributed by atoms with Gasteiger partial charge >= 0.3 is 23.7 Å². The van der Waals surface area contributed by atoms with E-state index in [0.717, 1.165) is 4.90 Å². The van der Waals surface area contributed by atoms with Crippen molar-refractivity contribution in [2.75, 3.05) is 25.1 Å². The van der Waals surface area contributed by atoms with E-state index in [0.29, 0.717) is 10.9 Å². The zero-order valence-electron chi connectivity index (χ0n) is 26.5. The minimum atomic E-state index is -1.60. The van der Waals surface area contributed by atoms with E-state index in [9.17, 15) is 28.8 Å². The zero-order chi connectivity index (χ0) is 34.7. The van der Waals surface area contributed by atoms with Crippen molar-refractivity contribution >= 4 is 78.4 Å². The molecule has 3 aliphatic heterocycles. The molecule has 2 aromatic rings. The number of carbonyl (C=O) groups excluding carboxylic acids is 5. The van der Waals surface area contributed by atoms with Gasteiger partial charge in [0.1, 0.15) is 44.8 Å². The lowest BCUT2D eigenvalue weighted by Gasteiger charge is -2.34. The van der Waals surface area contributed by atoms with E-state index in [4.69, 9.17) is 23.4 Å². The van der Waals surface area contributed by atoms with E-state index in [1.807, 2.05) is 0 Å². The van der Waals surface area contributed by atoms with Crippen LogP contribution < -0.4 is 10.9 Å². The number of aryl methyl sites for hydroxylation is 1. The second-order valence-electron chi connectivity index (χ2n) is 12.8. The average Bonchev–Trinajstić information content (AvgIpc) is 3.58. The maximum Gasteiger partial charge on any atom is 0.412 e. The molecule has 5 unspecified atom stereocenters. The number of hydrogen-bond acceptors (Lipinski definition) is 11. The van der Waals surface area contributed by atoms with Gasteiger partial charge in [-0.1, -0.05) is 31.9 Å². The average molecular weight is 782 g/mol. The van der Waals surface area contributed by atoms with Crippen LogP contribution in [-0.2, 0) is 38.1 Å². The number of likely N-dealkylation sites (tertiary alicyclic amines) is 1. The highest BCUT2D eigenvalue weighted by Crippen LogP contribution is 2.59. The number of imide groups is 1. The lowest BCUT2D eigenvalue weighted by atomic mass is 9.70. The number of nitrogens with zero attached hydrogens (tertiary/aromatic N) is 1. The maximum absolute atomic E-state index is 13.9. The topological polar surface area (TPSA) is 168 Å². The number of esters is 2. The molecular formula is C32H34Br2N2O11. The lowest BCUT2D eigenvalue weighted by molar-refractivity contribution is -0.168. The summed E-state index contributed by atoms with van der Waals surface area (Å²) in [6.07, 6.45) is 1.11. The van der Waals surface area contributed by atoms with Gasteiger partial charge < -0.3 is 23.4 Å². The maximum atomic E-state index is 13.9. The van der Waals surface area contributed by atoms with Gasteiger partial charge in [0.2, 0.25) is 11.8 Å². The molecule has 0 aliphatic carbocycles. The number of amides is 3. The summed E-state index contributed by atoms with van der Waals surface area (Å²) in [6, 6.07) is 6.15. The van der Waals surface area contributed by atoms with Crippen LogP contribution >= 0.6 is 31.9 Å². The third-order valence-electron chi connectivity index (χ3n) is 8.47. The SMILES string of the molecule is Cc1cc(=O)oc2cc(NC(=O)OC(C)C34C=CC(COC(=O)C(C)(C)Br)(O3)C3C(=O)N(CCOC(=O)C(C)(C)Br)C(=O)C34)ccc12. The van der Waals surface area contributed by atoms with Crippen LogP contribution in [0.1, 0.15) is 40.2 Å². The predicted molar refractivity (Wildman–Crippen MR) is 174 cm³/mol. The van der Waals surface area contributed by atoms with Gasteiger partial charge in [0.25, 0.3) is 0 Å². The fourth-order valence-corrected chi connectivity index (χ4v) is 6.32. The van der Waals surface area contributed by atoms with Gasteiger partial charge in [0.05, 0.1) is 18.4 Å². The molecule has 3 aliphatic rings. The number of anilines is 1. The summed E-state index contributed by atoms with van der Waals surface area (Å²) in [4.78, 5) is 78.6. The quantitative estimate of drug-likeness (QED) is 0.0919. The molecule has 5 rings (SSSR count). The van der Waals surface area contributed by atoms with Crippen molar-refractivity contribution in [1.29, 1.82) is 0 Å². The molecule has 3 amide bonds. The molecule has 2 saturated heterocycles. The number of benzene rings is 1. The van der Waals surface area contributed by atoms with E-state index in [-0.39, 0.29) is 31.0 Å². The van der Waals surface area contributed by atoms with Crippen LogP contribution in [0.25, 0.3) is 11.0 Å². The van der Waals surface area contributed by atoms with Crippen LogP contribution in [0.2, 0.25) is 0 Å². The second kappa shape index (κ2) is 12.2. The Hall–Kier alpha value is -3.56.